The zero-order valence-electron chi connectivity index (χ0n) is 12.4. The number of aromatic nitrogens is 1. The number of nitrogens with zero attached hydrogens (tertiary/aromatic N) is 1. The Hall–Kier alpha value is -2.55. The molecular weight excluding hydrogens is 262 g/mol. The molecule has 0 radical (unpaired) electrons. The van der Waals surface area contributed by atoms with E-state index < -0.39 is 0 Å². The summed E-state index contributed by atoms with van der Waals surface area (Å²) in [6, 6.07) is 15.2. The SMILES string of the molecule is COc1ccc(C(=O)c2c(C)n(C)c3ccccc23)cc1. The number of hydrogen-bond acceptors (Lipinski definition) is 2. The first-order chi connectivity index (χ1) is 10.1. The van der Waals surface area contributed by atoms with Crippen molar-refractivity contribution in [3.05, 3.63) is 65.4 Å². The minimum atomic E-state index is 0.0481. The summed E-state index contributed by atoms with van der Waals surface area (Å²) in [6.45, 7) is 1.98. The van der Waals surface area contributed by atoms with Crippen molar-refractivity contribution in [1.29, 1.82) is 0 Å². The van der Waals surface area contributed by atoms with Crippen LogP contribution in [0.1, 0.15) is 21.6 Å². The van der Waals surface area contributed by atoms with Crippen molar-refractivity contribution in [1.82, 2.24) is 4.57 Å². The lowest BCUT2D eigenvalue weighted by Gasteiger charge is -2.04. The van der Waals surface area contributed by atoms with Gasteiger partial charge in [0.15, 0.2) is 5.78 Å². The topological polar surface area (TPSA) is 31.2 Å². The molecule has 106 valence electrons. The van der Waals surface area contributed by atoms with Crippen molar-refractivity contribution in [2.75, 3.05) is 7.11 Å². The maximum absolute atomic E-state index is 12.8. The van der Waals surface area contributed by atoms with Crippen molar-refractivity contribution in [2.45, 2.75) is 6.92 Å². The van der Waals surface area contributed by atoms with Crippen molar-refractivity contribution in [2.24, 2.45) is 7.05 Å². The number of hydrogen-bond donors (Lipinski definition) is 0. The Morgan fingerprint density at radius 2 is 1.71 bits per heavy atom. The van der Waals surface area contributed by atoms with Crippen molar-refractivity contribution >= 4 is 16.7 Å². The minimum Gasteiger partial charge on any atom is -0.497 e. The Morgan fingerprint density at radius 3 is 2.38 bits per heavy atom. The zero-order chi connectivity index (χ0) is 15.0. The van der Waals surface area contributed by atoms with Gasteiger partial charge in [-0.15, -0.1) is 0 Å². The second-order valence-corrected chi connectivity index (χ2v) is 5.09. The van der Waals surface area contributed by atoms with E-state index in [0.29, 0.717) is 5.56 Å². The first-order valence-electron chi connectivity index (χ1n) is 6.86. The minimum absolute atomic E-state index is 0.0481. The van der Waals surface area contributed by atoms with Gasteiger partial charge < -0.3 is 9.30 Å². The van der Waals surface area contributed by atoms with E-state index in [9.17, 15) is 4.79 Å². The Labute approximate surface area is 123 Å². The molecule has 0 spiro atoms. The third-order valence-electron chi connectivity index (χ3n) is 3.98. The van der Waals surface area contributed by atoms with Crippen LogP contribution >= 0.6 is 0 Å². The lowest BCUT2D eigenvalue weighted by atomic mass is 10.0. The molecule has 2 aromatic carbocycles. The fourth-order valence-corrected chi connectivity index (χ4v) is 2.69. The lowest BCUT2D eigenvalue weighted by molar-refractivity contribution is 0.103. The van der Waals surface area contributed by atoms with E-state index in [1.54, 1.807) is 7.11 Å². The second-order valence-electron chi connectivity index (χ2n) is 5.09. The van der Waals surface area contributed by atoms with E-state index in [-0.39, 0.29) is 5.78 Å². The fourth-order valence-electron chi connectivity index (χ4n) is 2.69. The Kier molecular flexibility index (Phi) is 3.26. The summed E-state index contributed by atoms with van der Waals surface area (Å²) < 4.78 is 7.20. The van der Waals surface area contributed by atoms with Gasteiger partial charge in [0.1, 0.15) is 5.75 Å². The fraction of sp³-hybridized carbons (Fsp3) is 0.167. The van der Waals surface area contributed by atoms with Gasteiger partial charge in [-0.3, -0.25) is 4.79 Å². The zero-order valence-corrected chi connectivity index (χ0v) is 12.4. The first kappa shape index (κ1) is 13.4. The average Bonchev–Trinajstić information content (AvgIpc) is 2.79. The standard InChI is InChI=1S/C18H17NO2/c1-12-17(15-6-4-5-7-16(15)19(12)2)18(20)13-8-10-14(21-3)11-9-13/h4-11H,1-3H3. The number of carbonyl (C=O) groups excluding carboxylic acids is 1. The molecule has 3 nitrogen and oxygen atoms in total. The highest BCUT2D eigenvalue weighted by Gasteiger charge is 2.19. The van der Waals surface area contributed by atoms with E-state index in [0.717, 1.165) is 27.9 Å². The van der Waals surface area contributed by atoms with Crippen LogP contribution in [0.5, 0.6) is 5.75 Å². The third kappa shape index (κ3) is 2.11. The Morgan fingerprint density at radius 1 is 1.05 bits per heavy atom. The van der Waals surface area contributed by atoms with Crippen LogP contribution in [-0.2, 0) is 7.05 Å². The maximum Gasteiger partial charge on any atom is 0.195 e. The van der Waals surface area contributed by atoms with Gasteiger partial charge in [0.25, 0.3) is 0 Å². The lowest BCUT2D eigenvalue weighted by Crippen LogP contribution is -2.03. The molecule has 0 amide bonds. The molecule has 3 aromatic rings. The van der Waals surface area contributed by atoms with E-state index in [1.807, 2.05) is 62.5 Å². The van der Waals surface area contributed by atoms with Gasteiger partial charge in [0.2, 0.25) is 0 Å². The number of ketones is 1. The van der Waals surface area contributed by atoms with E-state index in [2.05, 4.69) is 4.57 Å². The van der Waals surface area contributed by atoms with Gasteiger partial charge in [0.05, 0.1) is 12.7 Å². The van der Waals surface area contributed by atoms with Gasteiger partial charge in [-0.2, -0.15) is 0 Å². The van der Waals surface area contributed by atoms with Crippen LogP contribution in [-0.4, -0.2) is 17.5 Å². The van der Waals surface area contributed by atoms with E-state index >= 15 is 0 Å². The van der Waals surface area contributed by atoms with Gasteiger partial charge >= 0.3 is 0 Å². The van der Waals surface area contributed by atoms with E-state index in [1.165, 1.54) is 0 Å². The molecule has 0 N–H and O–H groups in total. The van der Waals surface area contributed by atoms with Crippen molar-refractivity contribution in [3.63, 3.8) is 0 Å². The number of aryl methyl sites for hydroxylation is 1. The number of ether oxygens (including phenoxy) is 1. The van der Waals surface area contributed by atoms with Crippen LogP contribution in [0.25, 0.3) is 10.9 Å². The number of carbonyl (C=O) groups is 1. The monoisotopic (exact) mass is 279 g/mol. The summed E-state index contributed by atoms with van der Waals surface area (Å²) in [7, 11) is 3.61. The molecule has 21 heavy (non-hydrogen) atoms. The summed E-state index contributed by atoms with van der Waals surface area (Å²) in [6.07, 6.45) is 0. The quantitative estimate of drug-likeness (QED) is 0.684. The molecule has 0 aliphatic carbocycles. The molecule has 0 aliphatic rings. The molecule has 1 heterocycles. The normalized spacial score (nSPS) is 10.8. The van der Waals surface area contributed by atoms with Gasteiger partial charge in [0, 0.05) is 29.2 Å². The van der Waals surface area contributed by atoms with Crippen LogP contribution in [0.15, 0.2) is 48.5 Å². The smallest absolute Gasteiger partial charge is 0.195 e. The summed E-state index contributed by atoms with van der Waals surface area (Å²) in [5, 5.41) is 0.998. The molecule has 0 atom stereocenters. The average molecular weight is 279 g/mol. The molecule has 3 heteroatoms. The molecule has 0 bridgehead atoms. The van der Waals surface area contributed by atoms with Gasteiger partial charge in [-0.1, -0.05) is 18.2 Å². The highest BCUT2D eigenvalue weighted by Crippen LogP contribution is 2.27. The third-order valence-corrected chi connectivity index (χ3v) is 3.98. The van der Waals surface area contributed by atoms with Crippen LogP contribution in [0, 0.1) is 6.92 Å². The van der Waals surface area contributed by atoms with Crippen LogP contribution in [0.4, 0.5) is 0 Å². The summed E-state index contributed by atoms with van der Waals surface area (Å²) >= 11 is 0. The Balaban J connectivity index is 2.15. The predicted molar refractivity (Wildman–Crippen MR) is 84.1 cm³/mol. The molecule has 0 saturated carbocycles. The summed E-state index contributed by atoms with van der Waals surface area (Å²) in [5.41, 5.74) is 3.51. The van der Waals surface area contributed by atoms with Crippen LogP contribution < -0.4 is 4.74 Å². The van der Waals surface area contributed by atoms with Crippen LogP contribution in [0.3, 0.4) is 0 Å². The van der Waals surface area contributed by atoms with E-state index in [4.69, 9.17) is 4.74 Å². The number of rotatable bonds is 3. The first-order valence-corrected chi connectivity index (χ1v) is 6.86. The molecule has 0 fully saturated rings. The molecule has 1 aromatic heterocycles. The Bertz CT molecular complexity index is 813. The molecule has 0 aliphatic heterocycles. The highest BCUT2D eigenvalue weighted by atomic mass is 16.5. The number of para-hydroxylation sites is 1. The van der Waals surface area contributed by atoms with Gasteiger partial charge in [-0.05, 0) is 37.3 Å². The summed E-state index contributed by atoms with van der Waals surface area (Å²) in [5.74, 6) is 0.799. The van der Waals surface area contributed by atoms with Crippen molar-refractivity contribution in [3.8, 4) is 5.75 Å². The maximum atomic E-state index is 12.8. The van der Waals surface area contributed by atoms with Crippen molar-refractivity contribution < 1.29 is 9.53 Å². The van der Waals surface area contributed by atoms with Gasteiger partial charge in [-0.25, -0.2) is 0 Å². The number of benzene rings is 2. The summed E-state index contributed by atoms with van der Waals surface area (Å²) in [4.78, 5) is 12.8. The second kappa shape index (κ2) is 5.09. The highest BCUT2D eigenvalue weighted by molar-refractivity contribution is 6.17. The largest absolute Gasteiger partial charge is 0.497 e. The molecular formula is C18H17NO2. The molecule has 0 saturated heterocycles. The van der Waals surface area contributed by atoms with Crippen LogP contribution in [0.2, 0.25) is 0 Å². The number of fused-ring (bicyclic) bond motifs is 1. The molecule has 0 unspecified atom stereocenters. The number of methoxy groups -OCH3 is 1. The predicted octanol–water partition coefficient (Wildman–Crippen LogP) is 3.73. The molecule has 3 rings (SSSR count).